The maximum absolute atomic E-state index is 11.8. The second-order valence-corrected chi connectivity index (χ2v) is 5.64. The number of nitro benzene ring substituents is 1. The molecule has 5 rings (SSSR count). The van der Waals surface area contributed by atoms with E-state index >= 15 is 0 Å². The number of hydrogen-bond donors (Lipinski definition) is 2. The summed E-state index contributed by atoms with van der Waals surface area (Å²) in [4.78, 5) is 34.1. The predicted molar refractivity (Wildman–Crippen MR) is 90.7 cm³/mol. The van der Waals surface area contributed by atoms with E-state index in [1.165, 1.54) is 18.2 Å². The number of carboxylic acid groups (broad SMARTS) is 2. The fourth-order valence-electron chi connectivity index (χ4n) is 3.50. The smallest absolute Gasteiger partial charge is 0.337 e. The van der Waals surface area contributed by atoms with Crippen LogP contribution in [0, 0.1) is 10.1 Å². The molecule has 0 radical (unpaired) electrons. The predicted octanol–water partition coefficient (Wildman–Crippen LogP) is 3.89. The Morgan fingerprint density at radius 2 is 1.28 bits per heavy atom. The Morgan fingerprint density at radius 1 is 0.800 bits per heavy atom. The molecule has 0 unspecified atom stereocenters. The van der Waals surface area contributed by atoms with Crippen molar-refractivity contribution in [3.8, 4) is 0 Å². The number of nitro groups is 1. The van der Waals surface area contributed by atoms with Crippen molar-refractivity contribution in [2.45, 2.75) is 0 Å². The molecular weight excluding hydrogens is 326 g/mol. The minimum atomic E-state index is -1.38. The molecule has 0 aliphatic rings. The molecule has 122 valence electrons. The van der Waals surface area contributed by atoms with Gasteiger partial charge in [-0.25, -0.2) is 9.59 Å². The second kappa shape index (κ2) is 4.88. The largest absolute Gasteiger partial charge is 0.478 e. The zero-order valence-corrected chi connectivity index (χ0v) is 12.5. The van der Waals surface area contributed by atoms with Crippen LogP contribution in [0.5, 0.6) is 0 Å². The van der Waals surface area contributed by atoms with Crippen molar-refractivity contribution in [1.82, 2.24) is 0 Å². The molecule has 0 saturated heterocycles. The average Bonchev–Trinajstić information content (AvgIpc) is 2.60. The summed E-state index contributed by atoms with van der Waals surface area (Å²) in [6, 6.07) is 10.9. The summed E-state index contributed by atoms with van der Waals surface area (Å²) in [6.07, 6.45) is 0. The molecule has 0 amide bonds. The van der Waals surface area contributed by atoms with Crippen LogP contribution in [0.15, 0.2) is 42.5 Å². The maximum Gasteiger partial charge on any atom is 0.337 e. The van der Waals surface area contributed by atoms with Gasteiger partial charge >= 0.3 is 11.9 Å². The molecule has 0 spiro atoms. The molecule has 2 bridgehead atoms. The van der Waals surface area contributed by atoms with Gasteiger partial charge in [0.25, 0.3) is 5.69 Å². The van der Waals surface area contributed by atoms with Crippen LogP contribution in [0.2, 0.25) is 0 Å². The molecule has 0 fully saturated rings. The molecular formula is C18H9NO6. The molecule has 5 aromatic carbocycles. The number of nitrogens with zero attached hydrogens (tertiary/aromatic N) is 1. The van der Waals surface area contributed by atoms with E-state index < -0.39 is 16.9 Å². The van der Waals surface area contributed by atoms with Crippen molar-refractivity contribution in [1.29, 1.82) is 0 Å². The van der Waals surface area contributed by atoms with Crippen LogP contribution in [-0.2, 0) is 0 Å². The van der Waals surface area contributed by atoms with Crippen LogP contribution >= 0.6 is 0 Å². The van der Waals surface area contributed by atoms with E-state index in [0.717, 1.165) is 0 Å². The number of benzene rings is 5. The van der Waals surface area contributed by atoms with Crippen molar-refractivity contribution >= 4 is 49.9 Å². The van der Waals surface area contributed by atoms with E-state index in [0.29, 0.717) is 21.5 Å². The average molecular weight is 335 g/mol. The lowest BCUT2D eigenvalue weighted by Crippen LogP contribution is -2.12. The Balaban J connectivity index is 2.40. The molecule has 0 saturated carbocycles. The fraction of sp³-hybridized carbons (Fsp3) is 0. The first kappa shape index (κ1) is 14.8. The number of non-ortho nitro benzene ring substituents is 1. The third kappa shape index (κ3) is 1.86. The van der Waals surface area contributed by atoms with Crippen molar-refractivity contribution in [2.75, 3.05) is 0 Å². The highest BCUT2D eigenvalue weighted by atomic mass is 16.6. The molecule has 0 aliphatic carbocycles. The number of aromatic carboxylic acids is 2. The van der Waals surface area contributed by atoms with Gasteiger partial charge in [-0.05, 0) is 27.6 Å². The maximum atomic E-state index is 11.8. The van der Waals surface area contributed by atoms with Gasteiger partial charge in [-0.1, -0.05) is 24.3 Å². The number of rotatable bonds is 3. The summed E-state index contributed by atoms with van der Waals surface area (Å²) < 4.78 is 0. The van der Waals surface area contributed by atoms with Crippen LogP contribution < -0.4 is 0 Å². The number of hydrogen-bond acceptors (Lipinski definition) is 4. The molecule has 25 heavy (non-hydrogen) atoms. The first-order chi connectivity index (χ1) is 11.9. The van der Waals surface area contributed by atoms with Crippen LogP contribution in [0.1, 0.15) is 20.7 Å². The van der Waals surface area contributed by atoms with Gasteiger partial charge in [0.1, 0.15) is 0 Å². The third-order valence-electron chi connectivity index (χ3n) is 4.40. The first-order valence-corrected chi connectivity index (χ1v) is 7.26. The van der Waals surface area contributed by atoms with Gasteiger partial charge in [-0.15, -0.1) is 0 Å². The summed E-state index contributed by atoms with van der Waals surface area (Å²) in [6.45, 7) is 0. The molecule has 0 heterocycles. The van der Waals surface area contributed by atoms with Gasteiger partial charge in [0.15, 0.2) is 0 Å². The van der Waals surface area contributed by atoms with Gasteiger partial charge in [0.05, 0.1) is 16.1 Å². The van der Waals surface area contributed by atoms with Gasteiger partial charge in [-0.2, -0.15) is 0 Å². The molecule has 7 heteroatoms. The topological polar surface area (TPSA) is 118 Å². The minimum absolute atomic E-state index is 0.182. The van der Waals surface area contributed by atoms with Crippen LogP contribution in [0.3, 0.4) is 0 Å². The SMILES string of the molecule is O=C(O)c1c(C(=O)O)c2c3ccccc3c1c1ccc([N+](=O)[O-])cc12. The van der Waals surface area contributed by atoms with Crippen LogP contribution in [-0.4, -0.2) is 27.1 Å². The van der Waals surface area contributed by atoms with Gasteiger partial charge in [-0.3, -0.25) is 10.1 Å². The van der Waals surface area contributed by atoms with Crippen molar-refractivity contribution in [3.63, 3.8) is 0 Å². The van der Waals surface area contributed by atoms with Gasteiger partial charge in [0.2, 0.25) is 0 Å². The Bertz CT molecular complexity index is 1230. The lowest BCUT2D eigenvalue weighted by Gasteiger charge is -2.18. The summed E-state index contributed by atoms with van der Waals surface area (Å²) in [5.74, 6) is -2.72. The zero-order chi connectivity index (χ0) is 17.9. The van der Waals surface area contributed by atoms with Gasteiger partial charge < -0.3 is 10.2 Å². The van der Waals surface area contributed by atoms with E-state index in [9.17, 15) is 29.9 Å². The number of carbonyl (C=O) groups is 2. The van der Waals surface area contributed by atoms with E-state index in [1.807, 2.05) is 0 Å². The Labute approximate surface area is 139 Å². The van der Waals surface area contributed by atoms with Gasteiger partial charge in [0, 0.05) is 22.9 Å². The highest BCUT2D eigenvalue weighted by molar-refractivity contribution is 6.37. The van der Waals surface area contributed by atoms with Crippen molar-refractivity contribution < 1.29 is 24.7 Å². The Hall–Kier alpha value is -3.74. The zero-order valence-electron chi connectivity index (χ0n) is 12.5. The second-order valence-electron chi connectivity index (χ2n) is 5.64. The number of fused-ring (bicyclic) bond motifs is 1. The normalized spacial score (nSPS) is 11.4. The van der Waals surface area contributed by atoms with Crippen molar-refractivity contribution in [2.24, 2.45) is 0 Å². The minimum Gasteiger partial charge on any atom is -0.478 e. The highest BCUT2D eigenvalue weighted by Gasteiger charge is 2.29. The lowest BCUT2D eigenvalue weighted by molar-refractivity contribution is -0.384. The van der Waals surface area contributed by atoms with E-state index in [4.69, 9.17) is 0 Å². The first-order valence-electron chi connectivity index (χ1n) is 7.26. The van der Waals surface area contributed by atoms with Crippen molar-refractivity contribution in [3.05, 3.63) is 63.7 Å². The van der Waals surface area contributed by atoms with E-state index in [2.05, 4.69) is 0 Å². The number of carboxylic acids is 2. The van der Waals surface area contributed by atoms with E-state index in [-0.39, 0.29) is 27.6 Å². The summed E-state index contributed by atoms with van der Waals surface area (Å²) in [5.41, 5.74) is -0.810. The van der Waals surface area contributed by atoms with Crippen LogP contribution in [0.4, 0.5) is 5.69 Å². The molecule has 0 aliphatic heterocycles. The Morgan fingerprint density at radius 3 is 1.76 bits per heavy atom. The fourth-order valence-corrected chi connectivity index (χ4v) is 3.50. The molecule has 5 aromatic rings. The Kier molecular flexibility index (Phi) is 2.89. The summed E-state index contributed by atoms with van der Waals surface area (Å²) >= 11 is 0. The molecule has 0 aromatic heterocycles. The molecule has 7 nitrogen and oxygen atoms in total. The molecule has 0 atom stereocenters. The monoisotopic (exact) mass is 335 g/mol. The quantitative estimate of drug-likeness (QED) is 0.333. The highest BCUT2D eigenvalue weighted by Crippen LogP contribution is 2.44. The standard InChI is InChI=1S/C18H9NO6/c20-17(21)15-13-9-3-1-2-4-10(9)14(16(15)18(22)23)12-7-8(19(24)25)5-6-11(12)13/h1-7H,(H,20,21)(H,22,23). The third-order valence-corrected chi connectivity index (χ3v) is 4.40. The van der Waals surface area contributed by atoms with E-state index in [1.54, 1.807) is 24.3 Å². The summed E-state index contributed by atoms with van der Waals surface area (Å²) in [5, 5.41) is 32.8. The van der Waals surface area contributed by atoms with Crippen LogP contribution in [0.25, 0.3) is 32.3 Å². The molecule has 2 N–H and O–H groups in total. The summed E-state index contributed by atoms with van der Waals surface area (Å²) in [7, 11) is 0. The lowest BCUT2D eigenvalue weighted by atomic mass is 9.83.